The van der Waals surface area contributed by atoms with Crippen LogP contribution in [-0.4, -0.2) is 28.4 Å². The van der Waals surface area contributed by atoms with Gasteiger partial charge >= 0.3 is 0 Å². The van der Waals surface area contributed by atoms with Gasteiger partial charge in [0.1, 0.15) is 30.5 Å². The summed E-state index contributed by atoms with van der Waals surface area (Å²) in [6.45, 7) is 0.442. The van der Waals surface area contributed by atoms with Crippen molar-refractivity contribution in [3.63, 3.8) is 0 Å². The zero-order valence-electron chi connectivity index (χ0n) is 17.5. The molecule has 0 atom stereocenters. The van der Waals surface area contributed by atoms with Gasteiger partial charge in [-0.15, -0.1) is 0 Å². The van der Waals surface area contributed by atoms with E-state index in [2.05, 4.69) is 0 Å². The van der Waals surface area contributed by atoms with Crippen molar-refractivity contribution >= 4 is 51.7 Å². The lowest BCUT2D eigenvalue weighted by atomic mass is 10.1. The van der Waals surface area contributed by atoms with Gasteiger partial charge < -0.3 is 9.47 Å². The number of amides is 1. The van der Waals surface area contributed by atoms with Crippen LogP contribution in [0.2, 0.25) is 0 Å². The molecule has 0 spiro atoms. The predicted octanol–water partition coefficient (Wildman–Crippen LogP) is 5.60. The number of benzene rings is 3. The second kappa shape index (κ2) is 10.4. The van der Waals surface area contributed by atoms with E-state index < -0.39 is 16.6 Å². The Labute approximate surface area is 203 Å². The van der Waals surface area contributed by atoms with Crippen molar-refractivity contribution in [2.75, 3.05) is 18.1 Å². The lowest BCUT2D eigenvalue weighted by Crippen LogP contribution is -2.27. The van der Waals surface area contributed by atoms with Crippen LogP contribution >= 0.6 is 24.0 Å². The fourth-order valence-corrected chi connectivity index (χ4v) is 4.43. The monoisotopic (exact) mass is 496 g/mol. The summed E-state index contributed by atoms with van der Waals surface area (Å²) < 4.78 is 24.9. The molecule has 1 amide bonds. The van der Waals surface area contributed by atoms with E-state index in [0.29, 0.717) is 22.7 Å². The predicted molar refractivity (Wildman–Crippen MR) is 133 cm³/mol. The number of thiocarbonyl (C=S) groups is 1. The van der Waals surface area contributed by atoms with E-state index >= 15 is 0 Å². The minimum atomic E-state index is -0.524. The highest BCUT2D eigenvalue weighted by Crippen LogP contribution is 2.37. The SMILES string of the molecule is O=C1C(=Cc2cc([N+](=O)[O-])ccc2OCCOc2ccccc2)SC(=S)N1c1ccc(F)cc1. The molecule has 7 nitrogen and oxygen atoms in total. The molecule has 1 aliphatic heterocycles. The number of non-ortho nitro benzene ring substituents is 1. The molecular formula is C24H17FN2O5S2. The third kappa shape index (κ3) is 5.41. The van der Waals surface area contributed by atoms with Crippen LogP contribution in [0.3, 0.4) is 0 Å². The van der Waals surface area contributed by atoms with Crippen LogP contribution in [0.5, 0.6) is 11.5 Å². The van der Waals surface area contributed by atoms with E-state index in [1.54, 1.807) is 0 Å². The molecule has 172 valence electrons. The zero-order valence-corrected chi connectivity index (χ0v) is 19.2. The number of halogens is 1. The van der Waals surface area contributed by atoms with Gasteiger partial charge in [0.05, 0.1) is 15.5 Å². The van der Waals surface area contributed by atoms with Gasteiger partial charge in [0.15, 0.2) is 4.32 Å². The first-order valence-corrected chi connectivity index (χ1v) is 11.3. The molecule has 3 aromatic rings. The topological polar surface area (TPSA) is 81.9 Å². The van der Waals surface area contributed by atoms with E-state index in [9.17, 15) is 19.3 Å². The molecule has 4 rings (SSSR count). The number of hydrogen-bond donors (Lipinski definition) is 0. The van der Waals surface area contributed by atoms with Crippen molar-refractivity contribution < 1.29 is 23.6 Å². The van der Waals surface area contributed by atoms with Crippen molar-refractivity contribution in [1.29, 1.82) is 0 Å². The number of thioether (sulfide) groups is 1. The Morgan fingerprint density at radius 1 is 1.03 bits per heavy atom. The molecular weight excluding hydrogens is 479 g/mol. The van der Waals surface area contributed by atoms with Crippen molar-refractivity contribution in [2.45, 2.75) is 0 Å². The molecule has 0 radical (unpaired) electrons. The molecule has 1 fully saturated rings. The molecule has 3 aromatic carbocycles. The van der Waals surface area contributed by atoms with Gasteiger partial charge in [-0.1, -0.05) is 42.2 Å². The fourth-order valence-electron chi connectivity index (χ4n) is 3.14. The Morgan fingerprint density at radius 2 is 1.74 bits per heavy atom. The van der Waals surface area contributed by atoms with Gasteiger partial charge in [-0.05, 0) is 48.5 Å². The number of carbonyl (C=O) groups excluding carboxylic acids is 1. The zero-order chi connectivity index (χ0) is 24.1. The van der Waals surface area contributed by atoms with Crippen LogP contribution in [-0.2, 0) is 4.79 Å². The number of rotatable bonds is 8. The number of carbonyl (C=O) groups is 1. The Hall–Kier alpha value is -3.76. The minimum absolute atomic E-state index is 0.145. The number of ether oxygens (including phenoxy) is 2. The third-order valence-electron chi connectivity index (χ3n) is 4.72. The quantitative estimate of drug-likeness (QED) is 0.132. The highest BCUT2D eigenvalue weighted by Gasteiger charge is 2.33. The van der Waals surface area contributed by atoms with E-state index in [-0.39, 0.29) is 28.1 Å². The summed E-state index contributed by atoms with van der Waals surface area (Å²) in [5, 5.41) is 11.3. The normalized spacial score (nSPS) is 14.5. The molecule has 0 N–H and O–H groups in total. The molecule has 34 heavy (non-hydrogen) atoms. The van der Waals surface area contributed by atoms with E-state index in [1.807, 2.05) is 30.3 Å². The fraction of sp³-hybridized carbons (Fsp3) is 0.0833. The van der Waals surface area contributed by atoms with Crippen LogP contribution in [0.1, 0.15) is 5.56 Å². The molecule has 0 bridgehead atoms. The number of para-hydroxylation sites is 1. The first-order valence-electron chi connectivity index (χ1n) is 10.0. The average molecular weight is 497 g/mol. The summed E-state index contributed by atoms with van der Waals surface area (Å²) in [6.07, 6.45) is 1.50. The molecule has 1 aliphatic rings. The molecule has 0 unspecified atom stereocenters. The van der Waals surface area contributed by atoms with Gasteiger partial charge in [-0.25, -0.2) is 4.39 Å². The summed E-state index contributed by atoms with van der Waals surface area (Å²) in [4.78, 5) is 25.3. The molecule has 0 saturated carbocycles. The average Bonchev–Trinajstić information content (AvgIpc) is 3.11. The molecule has 10 heteroatoms. The van der Waals surface area contributed by atoms with Crippen molar-refractivity contribution in [3.8, 4) is 11.5 Å². The molecule has 1 heterocycles. The van der Waals surface area contributed by atoms with Crippen LogP contribution < -0.4 is 14.4 Å². The van der Waals surface area contributed by atoms with Crippen LogP contribution in [0, 0.1) is 15.9 Å². The summed E-state index contributed by atoms with van der Waals surface area (Å²) in [5.41, 5.74) is 0.641. The summed E-state index contributed by atoms with van der Waals surface area (Å²) in [7, 11) is 0. The second-order valence-electron chi connectivity index (χ2n) is 6.98. The third-order valence-corrected chi connectivity index (χ3v) is 6.02. The maximum Gasteiger partial charge on any atom is 0.270 e. The van der Waals surface area contributed by atoms with Gasteiger partial charge in [-0.2, -0.15) is 0 Å². The molecule has 0 aromatic heterocycles. The lowest BCUT2D eigenvalue weighted by Gasteiger charge is -2.14. The maximum atomic E-state index is 13.3. The van der Waals surface area contributed by atoms with Crippen LogP contribution in [0.15, 0.2) is 77.7 Å². The van der Waals surface area contributed by atoms with Gasteiger partial charge in [0.2, 0.25) is 0 Å². The maximum absolute atomic E-state index is 13.3. The Bertz CT molecular complexity index is 1270. The van der Waals surface area contributed by atoms with Crippen molar-refractivity contribution in [1.82, 2.24) is 0 Å². The number of anilines is 1. The number of hydrogen-bond acceptors (Lipinski definition) is 7. The summed E-state index contributed by atoms with van der Waals surface area (Å²) >= 11 is 6.38. The van der Waals surface area contributed by atoms with Gasteiger partial charge in [-0.3, -0.25) is 19.8 Å². The first-order chi connectivity index (χ1) is 16.4. The highest BCUT2D eigenvalue weighted by atomic mass is 32.2. The Morgan fingerprint density at radius 3 is 2.44 bits per heavy atom. The Kier molecular flexibility index (Phi) is 7.19. The van der Waals surface area contributed by atoms with E-state index in [1.165, 1.54) is 53.4 Å². The van der Waals surface area contributed by atoms with E-state index in [0.717, 1.165) is 11.8 Å². The molecule has 0 aliphatic carbocycles. The van der Waals surface area contributed by atoms with Crippen molar-refractivity contribution in [2.24, 2.45) is 0 Å². The highest BCUT2D eigenvalue weighted by molar-refractivity contribution is 8.27. The number of nitro groups is 1. The van der Waals surface area contributed by atoms with E-state index in [4.69, 9.17) is 21.7 Å². The summed E-state index contributed by atoms with van der Waals surface area (Å²) in [5.74, 6) is 0.208. The lowest BCUT2D eigenvalue weighted by molar-refractivity contribution is -0.384. The largest absolute Gasteiger partial charge is 0.490 e. The van der Waals surface area contributed by atoms with Gasteiger partial charge in [0.25, 0.3) is 11.6 Å². The Balaban J connectivity index is 1.55. The number of nitrogens with zero attached hydrogens (tertiary/aromatic N) is 2. The minimum Gasteiger partial charge on any atom is -0.490 e. The second-order valence-corrected chi connectivity index (χ2v) is 8.66. The summed E-state index contributed by atoms with van der Waals surface area (Å²) in [6, 6.07) is 18.8. The first kappa shape index (κ1) is 23.4. The van der Waals surface area contributed by atoms with Crippen LogP contribution in [0.4, 0.5) is 15.8 Å². The van der Waals surface area contributed by atoms with Crippen LogP contribution in [0.25, 0.3) is 6.08 Å². The smallest absolute Gasteiger partial charge is 0.270 e. The van der Waals surface area contributed by atoms with Gasteiger partial charge in [0, 0.05) is 17.7 Å². The molecule has 1 saturated heterocycles. The van der Waals surface area contributed by atoms with Crippen molar-refractivity contribution in [3.05, 3.63) is 99.2 Å². The number of nitro benzene ring substituents is 1. The standard InChI is InChI=1S/C24H17FN2O5S2/c25-17-6-8-18(9-7-17)26-23(28)22(34-24(26)33)15-16-14-19(27(29)30)10-11-21(16)32-13-12-31-20-4-2-1-3-5-20/h1-11,14-15H,12-13H2.